The maximum absolute atomic E-state index is 8.25. The van der Waals surface area contributed by atoms with Crippen LogP contribution in [0.3, 0.4) is 0 Å². The Morgan fingerprint density at radius 1 is 0.714 bits per heavy atom. The van der Waals surface area contributed by atoms with Gasteiger partial charge >= 0.3 is 19.5 Å². The van der Waals surface area contributed by atoms with Gasteiger partial charge in [-0.2, -0.15) is 14.2 Å². The molecule has 0 aromatic carbocycles. The summed E-state index contributed by atoms with van der Waals surface area (Å²) in [5, 5.41) is 16.5. The largest absolute Gasteiger partial charge is 2.00 e. The summed E-state index contributed by atoms with van der Waals surface area (Å²) in [5.41, 5.74) is 0. The predicted molar refractivity (Wildman–Crippen MR) is 19.1 cm³/mol. The van der Waals surface area contributed by atoms with Gasteiger partial charge in [0, 0.05) is 0 Å². The van der Waals surface area contributed by atoms with E-state index >= 15 is 0 Å². The Kier molecular flexibility index (Phi) is 6590. The van der Waals surface area contributed by atoms with Crippen molar-refractivity contribution < 1.29 is 40.6 Å². The first-order chi connectivity index (χ1) is 2.00. The number of hydrogen-bond donors (Lipinski definition) is 0. The van der Waals surface area contributed by atoms with E-state index in [0.29, 0.717) is 0 Å². The Morgan fingerprint density at radius 2 is 0.714 bits per heavy atom. The zero-order valence-electron chi connectivity index (χ0n) is 4.52. The van der Waals surface area contributed by atoms with Gasteiger partial charge in [0.15, 0.2) is 0 Å². The van der Waals surface area contributed by atoms with E-state index in [0.717, 1.165) is 14.2 Å². The van der Waals surface area contributed by atoms with Gasteiger partial charge in [0.25, 0.3) is 0 Å². The minimum atomic E-state index is 0. The smallest absolute Gasteiger partial charge is 0.857 e. The molecule has 0 saturated carbocycles. The molecule has 0 bridgehead atoms. The minimum Gasteiger partial charge on any atom is -0.857 e. The standard InChI is InChI=1S/2CH3O.2H2O.Zn/c2*1-2;;;/h2*1H3;2*1H2;/q2*-1;;;+2. The first-order valence-corrected chi connectivity index (χ1v) is 0.816. The molecule has 0 aliphatic rings. The monoisotopic (exact) mass is 162 g/mol. The third kappa shape index (κ3) is 600. The SMILES string of the molecule is C[O-].C[O-].O.O.[Zn+2]. The van der Waals surface area contributed by atoms with Gasteiger partial charge in [-0.05, 0) is 0 Å². The van der Waals surface area contributed by atoms with Crippen LogP contribution in [0.2, 0.25) is 0 Å². The fraction of sp³-hybridized carbons (Fsp3) is 1.00. The van der Waals surface area contributed by atoms with E-state index in [1.165, 1.54) is 0 Å². The van der Waals surface area contributed by atoms with E-state index in [2.05, 4.69) is 0 Å². The van der Waals surface area contributed by atoms with Crippen molar-refractivity contribution in [3.63, 3.8) is 0 Å². The molecule has 0 unspecified atom stereocenters. The van der Waals surface area contributed by atoms with E-state index in [-0.39, 0.29) is 30.4 Å². The molecule has 0 radical (unpaired) electrons. The molecule has 0 spiro atoms. The van der Waals surface area contributed by atoms with Gasteiger partial charge in [-0.3, -0.25) is 0 Å². The van der Waals surface area contributed by atoms with E-state index in [1.807, 2.05) is 0 Å². The quantitative estimate of drug-likeness (QED) is 0.343. The Hall–Kier alpha value is 0.463. The third-order valence-electron chi connectivity index (χ3n) is 0. The predicted octanol–water partition coefficient (Wildman–Crippen LogP) is -3.70. The fourth-order valence-corrected chi connectivity index (χ4v) is 0. The van der Waals surface area contributed by atoms with Gasteiger partial charge in [0.1, 0.15) is 0 Å². The van der Waals surface area contributed by atoms with Crippen molar-refractivity contribution in [1.82, 2.24) is 0 Å². The average Bonchev–Trinajstić information content (AvgIpc) is 1.50. The number of hydrogen-bond acceptors (Lipinski definition) is 2. The first-order valence-electron chi connectivity index (χ1n) is 0.816. The van der Waals surface area contributed by atoms with Crippen LogP contribution >= 0.6 is 0 Å². The zero-order chi connectivity index (χ0) is 4.00. The van der Waals surface area contributed by atoms with Crippen molar-refractivity contribution in [3.8, 4) is 0 Å². The zero-order valence-corrected chi connectivity index (χ0v) is 7.49. The van der Waals surface area contributed by atoms with Gasteiger partial charge in [0.05, 0.1) is 0 Å². The molecule has 0 saturated heterocycles. The molecule has 0 aliphatic heterocycles. The van der Waals surface area contributed by atoms with Crippen LogP contribution in [0.1, 0.15) is 0 Å². The van der Waals surface area contributed by atoms with Crippen molar-refractivity contribution in [2.75, 3.05) is 14.2 Å². The van der Waals surface area contributed by atoms with Crippen molar-refractivity contribution in [2.24, 2.45) is 0 Å². The van der Waals surface area contributed by atoms with Crippen molar-refractivity contribution in [1.29, 1.82) is 0 Å². The summed E-state index contributed by atoms with van der Waals surface area (Å²) in [6, 6.07) is 0. The molecular weight excluding hydrogens is 153 g/mol. The Labute approximate surface area is 55.5 Å². The van der Waals surface area contributed by atoms with E-state index in [4.69, 9.17) is 10.2 Å². The maximum atomic E-state index is 8.25. The van der Waals surface area contributed by atoms with Crippen molar-refractivity contribution in [3.05, 3.63) is 0 Å². The molecule has 0 heterocycles. The van der Waals surface area contributed by atoms with Crippen LogP contribution in [0, 0.1) is 0 Å². The van der Waals surface area contributed by atoms with E-state index < -0.39 is 0 Å². The fourth-order valence-electron chi connectivity index (χ4n) is 0. The van der Waals surface area contributed by atoms with Gasteiger partial charge in [-0.15, -0.1) is 0 Å². The minimum absolute atomic E-state index is 0. The summed E-state index contributed by atoms with van der Waals surface area (Å²) in [4.78, 5) is 0. The molecule has 7 heavy (non-hydrogen) atoms. The topological polar surface area (TPSA) is 109 Å². The van der Waals surface area contributed by atoms with Crippen LogP contribution in [0.25, 0.3) is 0 Å². The first kappa shape index (κ1) is 51.4. The van der Waals surface area contributed by atoms with Crippen LogP contribution in [0.15, 0.2) is 0 Å². The maximum Gasteiger partial charge on any atom is 2.00 e. The second kappa shape index (κ2) is 898. The summed E-state index contributed by atoms with van der Waals surface area (Å²) in [7, 11) is 1.50. The average molecular weight is 163 g/mol. The molecular formula is C2H10O4Zn. The Morgan fingerprint density at radius 3 is 0.714 bits per heavy atom. The van der Waals surface area contributed by atoms with Crippen LogP contribution in [-0.4, -0.2) is 25.2 Å². The Bertz CT molecular complexity index is 9.65. The summed E-state index contributed by atoms with van der Waals surface area (Å²) in [5.74, 6) is 0. The van der Waals surface area contributed by atoms with Crippen LogP contribution in [0.4, 0.5) is 0 Å². The third-order valence-corrected chi connectivity index (χ3v) is 0. The molecule has 0 fully saturated rings. The second-order valence-electron chi connectivity index (χ2n) is 0. The van der Waals surface area contributed by atoms with Gasteiger partial charge < -0.3 is 21.2 Å². The molecule has 0 amide bonds. The normalized spacial score (nSPS) is 1.71. The molecule has 4 N–H and O–H groups in total. The molecule has 0 aromatic heterocycles. The summed E-state index contributed by atoms with van der Waals surface area (Å²) >= 11 is 0. The molecule has 0 aromatic rings. The van der Waals surface area contributed by atoms with E-state index in [1.54, 1.807) is 0 Å². The van der Waals surface area contributed by atoms with E-state index in [9.17, 15) is 0 Å². The molecule has 44 valence electrons. The molecule has 4 nitrogen and oxygen atoms in total. The molecule has 0 atom stereocenters. The summed E-state index contributed by atoms with van der Waals surface area (Å²) in [6.45, 7) is 0. The van der Waals surface area contributed by atoms with Gasteiger partial charge in [-0.25, -0.2) is 0 Å². The summed E-state index contributed by atoms with van der Waals surface area (Å²) < 4.78 is 0. The van der Waals surface area contributed by atoms with Gasteiger partial charge in [-0.1, -0.05) is 0 Å². The van der Waals surface area contributed by atoms with Crippen LogP contribution in [0.5, 0.6) is 0 Å². The van der Waals surface area contributed by atoms with Crippen molar-refractivity contribution >= 4 is 0 Å². The number of rotatable bonds is 0. The summed E-state index contributed by atoms with van der Waals surface area (Å²) in [6.07, 6.45) is 0. The molecule has 0 aliphatic carbocycles. The van der Waals surface area contributed by atoms with Gasteiger partial charge in [0.2, 0.25) is 0 Å². The molecule has 0 rings (SSSR count). The Balaban J connectivity index is -0.00000000267. The van der Waals surface area contributed by atoms with Crippen molar-refractivity contribution in [2.45, 2.75) is 0 Å². The van der Waals surface area contributed by atoms with Crippen LogP contribution in [-0.2, 0) is 19.5 Å². The second-order valence-corrected chi connectivity index (χ2v) is 0. The van der Waals surface area contributed by atoms with Crippen LogP contribution < -0.4 is 10.2 Å². The molecule has 5 heteroatoms.